The van der Waals surface area contributed by atoms with Crippen molar-refractivity contribution in [1.82, 2.24) is 5.32 Å². The molecule has 0 saturated heterocycles. The molecule has 1 N–H and O–H groups in total. The summed E-state index contributed by atoms with van der Waals surface area (Å²) >= 11 is 0. The first-order chi connectivity index (χ1) is 7.44. The maximum atomic E-state index is 12.1. The van der Waals surface area contributed by atoms with Gasteiger partial charge in [-0.15, -0.1) is 13.2 Å². The van der Waals surface area contributed by atoms with Gasteiger partial charge in [0.15, 0.2) is 0 Å². The lowest BCUT2D eigenvalue weighted by Crippen LogP contribution is -2.22. The van der Waals surface area contributed by atoms with Crippen LogP contribution in [-0.2, 0) is 0 Å². The molecule has 0 aromatic heterocycles. The van der Waals surface area contributed by atoms with E-state index >= 15 is 0 Å². The first-order valence-corrected chi connectivity index (χ1v) is 5.02. The number of nitrogens with one attached hydrogen (secondary N) is 1. The van der Waals surface area contributed by atoms with Gasteiger partial charge in [0.1, 0.15) is 5.75 Å². The van der Waals surface area contributed by atoms with Gasteiger partial charge in [0, 0.05) is 11.6 Å². The van der Waals surface area contributed by atoms with Crippen LogP contribution < -0.4 is 10.1 Å². The van der Waals surface area contributed by atoms with Crippen LogP contribution in [-0.4, -0.2) is 12.9 Å². The Morgan fingerprint density at radius 2 is 1.94 bits per heavy atom. The second-order valence-corrected chi connectivity index (χ2v) is 3.36. The zero-order valence-electron chi connectivity index (χ0n) is 9.14. The summed E-state index contributed by atoms with van der Waals surface area (Å²) in [4.78, 5) is 0. The van der Waals surface area contributed by atoms with Crippen molar-refractivity contribution in [2.45, 2.75) is 26.3 Å². The van der Waals surface area contributed by atoms with E-state index < -0.39 is 6.36 Å². The fourth-order valence-corrected chi connectivity index (χ4v) is 1.47. The van der Waals surface area contributed by atoms with Crippen LogP contribution in [0.3, 0.4) is 0 Å². The average Bonchev–Trinajstić information content (AvgIpc) is 2.16. The van der Waals surface area contributed by atoms with Gasteiger partial charge in [-0.05, 0) is 19.5 Å². The summed E-state index contributed by atoms with van der Waals surface area (Å²) in [6.45, 7) is 4.37. The molecule has 0 bridgehead atoms. The minimum Gasteiger partial charge on any atom is -0.405 e. The standard InChI is InChI=1S/C11H14F3NO/c1-3-15-8(2)9-6-4-5-7-10(9)16-11(12,13)14/h4-8,15H,3H2,1-2H3/t8-/m1/s1. The number of para-hydroxylation sites is 1. The summed E-state index contributed by atoms with van der Waals surface area (Å²) in [5.74, 6) is -0.150. The molecule has 1 aromatic rings. The predicted molar refractivity (Wildman–Crippen MR) is 55.2 cm³/mol. The second-order valence-electron chi connectivity index (χ2n) is 3.36. The summed E-state index contributed by atoms with van der Waals surface area (Å²) in [6.07, 6.45) is -4.65. The maximum Gasteiger partial charge on any atom is 0.573 e. The molecule has 0 unspecified atom stereocenters. The van der Waals surface area contributed by atoms with Crippen molar-refractivity contribution < 1.29 is 17.9 Å². The lowest BCUT2D eigenvalue weighted by atomic mass is 10.1. The average molecular weight is 233 g/mol. The molecule has 0 aliphatic rings. The van der Waals surface area contributed by atoms with Crippen LogP contribution >= 0.6 is 0 Å². The van der Waals surface area contributed by atoms with E-state index in [1.54, 1.807) is 19.1 Å². The van der Waals surface area contributed by atoms with Crippen LogP contribution in [0.15, 0.2) is 24.3 Å². The van der Waals surface area contributed by atoms with Gasteiger partial charge in [-0.3, -0.25) is 0 Å². The third-order valence-corrected chi connectivity index (χ3v) is 2.12. The topological polar surface area (TPSA) is 21.3 Å². The Morgan fingerprint density at radius 3 is 2.50 bits per heavy atom. The molecule has 0 aliphatic carbocycles. The number of hydrogen-bond acceptors (Lipinski definition) is 2. The fourth-order valence-electron chi connectivity index (χ4n) is 1.47. The zero-order chi connectivity index (χ0) is 12.2. The molecule has 0 radical (unpaired) electrons. The van der Waals surface area contributed by atoms with Gasteiger partial charge in [-0.25, -0.2) is 0 Å². The van der Waals surface area contributed by atoms with Crippen molar-refractivity contribution in [3.05, 3.63) is 29.8 Å². The van der Waals surface area contributed by atoms with Crippen LogP contribution in [0.25, 0.3) is 0 Å². The van der Waals surface area contributed by atoms with Gasteiger partial charge in [0.2, 0.25) is 0 Å². The molecule has 0 spiro atoms. The minimum absolute atomic E-state index is 0.150. The summed E-state index contributed by atoms with van der Waals surface area (Å²) in [5, 5.41) is 3.04. The largest absolute Gasteiger partial charge is 0.573 e. The first-order valence-electron chi connectivity index (χ1n) is 5.02. The summed E-state index contributed by atoms with van der Waals surface area (Å²) in [7, 11) is 0. The molecule has 5 heteroatoms. The van der Waals surface area contributed by atoms with Crippen LogP contribution in [0.5, 0.6) is 5.75 Å². The number of ether oxygens (including phenoxy) is 1. The van der Waals surface area contributed by atoms with Gasteiger partial charge in [-0.2, -0.15) is 0 Å². The van der Waals surface area contributed by atoms with E-state index in [9.17, 15) is 13.2 Å². The Kier molecular flexibility index (Phi) is 4.18. The van der Waals surface area contributed by atoms with E-state index in [-0.39, 0.29) is 11.8 Å². The molecule has 1 rings (SSSR count). The molecule has 90 valence electrons. The summed E-state index contributed by atoms with van der Waals surface area (Å²) in [6, 6.07) is 5.96. The SMILES string of the molecule is CCN[C@H](C)c1ccccc1OC(F)(F)F. The molecule has 0 amide bonds. The third kappa shape index (κ3) is 3.73. The van der Waals surface area contributed by atoms with E-state index in [0.717, 1.165) is 0 Å². The summed E-state index contributed by atoms with van der Waals surface area (Å²) in [5.41, 5.74) is 0.502. The lowest BCUT2D eigenvalue weighted by molar-refractivity contribution is -0.275. The van der Waals surface area contributed by atoms with Gasteiger partial charge in [0.05, 0.1) is 0 Å². The second kappa shape index (κ2) is 5.21. The Morgan fingerprint density at radius 1 is 1.31 bits per heavy atom. The van der Waals surface area contributed by atoms with Gasteiger partial charge < -0.3 is 10.1 Å². The molecule has 0 saturated carbocycles. The van der Waals surface area contributed by atoms with E-state index in [2.05, 4.69) is 10.1 Å². The van der Waals surface area contributed by atoms with Crippen molar-refractivity contribution in [1.29, 1.82) is 0 Å². The number of hydrogen-bond donors (Lipinski definition) is 1. The van der Waals surface area contributed by atoms with E-state index in [4.69, 9.17) is 0 Å². The number of alkyl halides is 3. The number of rotatable bonds is 4. The molecule has 0 fully saturated rings. The third-order valence-electron chi connectivity index (χ3n) is 2.12. The summed E-state index contributed by atoms with van der Waals surface area (Å²) < 4.78 is 40.3. The normalized spacial score (nSPS) is 13.6. The molecule has 2 nitrogen and oxygen atoms in total. The van der Waals surface area contributed by atoms with Gasteiger partial charge in [-0.1, -0.05) is 25.1 Å². The Bertz CT molecular complexity index is 338. The Balaban J connectivity index is 2.91. The number of halogens is 3. The molecule has 1 atom stereocenters. The first kappa shape index (κ1) is 12.8. The maximum absolute atomic E-state index is 12.1. The highest BCUT2D eigenvalue weighted by atomic mass is 19.4. The van der Waals surface area contributed by atoms with Crippen molar-refractivity contribution >= 4 is 0 Å². The highest BCUT2D eigenvalue weighted by Gasteiger charge is 2.32. The molecule has 16 heavy (non-hydrogen) atoms. The van der Waals surface area contributed by atoms with Crippen molar-refractivity contribution in [2.24, 2.45) is 0 Å². The molecular weight excluding hydrogens is 219 g/mol. The quantitative estimate of drug-likeness (QED) is 0.861. The van der Waals surface area contributed by atoms with Gasteiger partial charge in [0.25, 0.3) is 0 Å². The lowest BCUT2D eigenvalue weighted by Gasteiger charge is -2.18. The predicted octanol–water partition coefficient (Wildman–Crippen LogP) is 3.26. The van der Waals surface area contributed by atoms with E-state index in [1.807, 2.05) is 6.92 Å². The van der Waals surface area contributed by atoms with Gasteiger partial charge >= 0.3 is 6.36 Å². The molecule has 1 aromatic carbocycles. The smallest absolute Gasteiger partial charge is 0.405 e. The van der Waals surface area contributed by atoms with E-state index in [1.165, 1.54) is 12.1 Å². The van der Waals surface area contributed by atoms with Crippen LogP contribution in [0, 0.1) is 0 Å². The van der Waals surface area contributed by atoms with E-state index in [0.29, 0.717) is 12.1 Å². The van der Waals surface area contributed by atoms with Crippen LogP contribution in [0.4, 0.5) is 13.2 Å². The molecular formula is C11H14F3NO. The van der Waals surface area contributed by atoms with Crippen LogP contribution in [0.2, 0.25) is 0 Å². The minimum atomic E-state index is -4.65. The Labute approximate surface area is 92.4 Å². The van der Waals surface area contributed by atoms with Crippen molar-refractivity contribution in [3.63, 3.8) is 0 Å². The Hall–Kier alpha value is -1.23. The highest BCUT2D eigenvalue weighted by Crippen LogP contribution is 2.29. The fraction of sp³-hybridized carbons (Fsp3) is 0.455. The molecule has 0 aliphatic heterocycles. The monoisotopic (exact) mass is 233 g/mol. The van der Waals surface area contributed by atoms with Crippen molar-refractivity contribution in [3.8, 4) is 5.75 Å². The van der Waals surface area contributed by atoms with Crippen LogP contribution in [0.1, 0.15) is 25.5 Å². The zero-order valence-corrected chi connectivity index (χ0v) is 9.14. The van der Waals surface area contributed by atoms with Crippen molar-refractivity contribution in [2.75, 3.05) is 6.54 Å². The molecule has 0 heterocycles. The number of benzene rings is 1. The highest BCUT2D eigenvalue weighted by molar-refractivity contribution is 5.35.